The molecule has 1 amide bonds. The summed E-state index contributed by atoms with van der Waals surface area (Å²) in [6.45, 7) is 14.0. The second-order valence-electron chi connectivity index (χ2n) is 22.6. The maximum Gasteiger partial charge on any atom is 0.329 e. The molecule has 17 nitrogen and oxygen atoms in total. The second-order valence-corrected chi connectivity index (χ2v) is 22.6. The molecule has 0 aromatic rings. The van der Waals surface area contributed by atoms with Crippen molar-refractivity contribution >= 4 is 35.2 Å². The Hall–Kier alpha value is -3.94. The van der Waals surface area contributed by atoms with Crippen LogP contribution in [0.15, 0.2) is 47.6 Å². The Morgan fingerprint density at radius 1 is 0.813 bits per heavy atom. The lowest BCUT2D eigenvalue weighted by molar-refractivity contribution is -0.265. The lowest BCUT2D eigenvalue weighted by Gasteiger charge is -2.42. The van der Waals surface area contributed by atoms with Gasteiger partial charge >= 0.3 is 11.9 Å². The minimum absolute atomic E-state index is 0.00269. The Morgan fingerprint density at radius 2 is 1.53 bits per heavy atom. The van der Waals surface area contributed by atoms with Crippen LogP contribution in [0.1, 0.15) is 138 Å². The highest BCUT2D eigenvalue weighted by Gasteiger charge is 2.53. The number of carbonyl (C=O) groups is 6. The van der Waals surface area contributed by atoms with E-state index < -0.39 is 95.9 Å². The molecule has 0 aromatic heterocycles. The summed E-state index contributed by atoms with van der Waals surface area (Å²) in [7, 11) is 4.53. The van der Waals surface area contributed by atoms with E-state index in [-0.39, 0.29) is 61.4 Å². The lowest BCUT2D eigenvalue weighted by Crippen LogP contribution is -2.61. The molecule has 2 bridgehead atoms. The minimum Gasteiger partial charge on any atom is -0.460 e. The maximum absolute atomic E-state index is 14.6. The van der Waals surface area contributed by atoms with Gasteiger partial charge in [-0.25, -0.2) is 4.79 Å². The van der Waals surface area contributed by atoms with Crippen molar-refractivity contribution in [2.24, 2.45) is 35.5 Å². The van der Waals surface area contributed by atoms with Crippen molar-refractivity contribution < 1.29 is 72.5 Å². The van der Waals surface area contributed by atoms with Gasteiger partial charge in [-0.3, -0.25) is 28.9 Å². The first-order chi connectivity index (χ1) is 35.6. The van der Waals surface area contributed by atoms with Crippen molar-refractivity contribution in [3.05, 3.63) is 47.6 Å². The van der Waals surface area contributed by atoms with E-state index in [4.69, 9.17) is 28.4 Å². The number of ketones is 3. The van der Waals surface area contributed by atoms with Crippen LogP contribution >= 0.6 is 0 Å². The van der Waals surface area contributed by atoms with Gasteiger partial charge in [-0.05, 0) is 120 Å². The number of allylic oxidation sites excluding steroid dienone is 6. The number of esters is 2. The monoisotopic (exact) mass is 1050 g/mol. The van der Waals surface area contributed by atoms with Crippen LogP contribution in [0.4, 0.5) is 0 Å². The summed E-state index contributed by atoms with van der Waals surface area (Å²) in [4.78, 5) is 87.7. The first-order valence-electron chi connectivity index (χ1n) is 27.7. The van der Waals surface area contributed by atoms with E-state index in [2.05, 4.69) is 0 Å². The third-order valence-electron chi connectivity index (χ3n) is 16.6. The Bertz CT molecular complexity index is 2060. The van der Waals surface area contributed by atoms with Crippen molar-refractivity contribution in [1.82, 2.24) is 9.80 Å². The van der Waals surface area contributed by atoms with Gasteiger partial charge in [-0.15, -0.1) is 0 Å². The fourth-order valence-corrected chi connectivity index (χ4v) is 11.7. The predicted octanol–water partition coefficient (Wildman–Crippen LogP) is 6.19. The van der Waals surface area contributed by atoms with Crippen LogP contribution in [0.25, 0.3) is 0 Å². The van der Waals surface area contributed by atoms with Crippen LogP contribution in [-0.4, -0.2) is 168 Å². The highest BCUT2D eigenvalue weighted by Crippen LogP contribution is 2.38. The molecule has 1 aliphatic carbocycles. The summed E-state index contributed by atoms with van der Waals surface area (Å²) in [5.74, 6) is -8.66. The van der Waals surface area contributed by atoms with Gasteiger partial charge < -0.3 is 48.6 Å². The Kier molecular flexibility index (Phi) is 24.1. The van der Waals surface area contributed by atoms with Gasteiger partial charge in [0.2, 0.25) is 5.79 Å². The summed E-state index contributed by atoms with van der Waals surface area (Å²) in [5, 5.41) is 33.5. The topological polar surface area (TPSA) is 225 Å². The number of nitrogens with zero attached hydrogens (tertiary/aromatic N) is 2. The number of rotatable bonds is 9. The number of aliphatic hydroxyl groups is 3. The van der Waals surface area contributed by atoms with E-state index in [1.54, 1.807) is 41.1 Å². The largest absolute Gasteiger partial charge is 0.460 e. The molecule has 0 radical (unpaired) electrons. The lowest BCUT2D eigenvalue weighted by atomic mass is 9.78. The van der Waals surface area contributed by atoms with Gasteiger partial charge in [0, 0.05) is 71.6 Å². The predicted molar refractivity (Wildman–Crippen MR) is 281 cm³/mol. The molecule has 3 N–H and O–H groups in total. The number of cyclic esters (lactones) is 1. The number of carbonyl (C=O) groups excluding carboxylic acids is 6. The molecule has 1 saturated carbocycles. The van der Waals surface area contributed by atoms with E-state index >= 15 is 0 Å². The molecule has 3 saturated heterocycles. The first kappa shape index (κ1) is 61.9. The van der Waals surface area contributed by atoms with Gasteiger partial charge in [0.25, 0.3) is 11.7 Å². The van der Waals surface area contributed by atoms with Gasteiger partial charge in [-0.2, -0.15) is 0 Å². The highest BCUT2D eigenvalue weighted by molar-refractivity contribution is 6.39. The number of methoxy groups -OCH3 is 3. The molecule has 75 heavy (non-hydrogen) atoms. The van der Waals surface area contributed by atoms with E-state index in [0.717, 1.165) is 5.57 Å². The number of ether oxygens (including phenoxy) is 6. The average Bonchev–Trinajstić information content (AvgIpc) is 3.38. The third kappa shape index (κ3) is 17.0. The highest BCUT2D eigenvalue weighted by atomic mass is 16.6. The molecular weight excluding hydrogens is 965 g/mol. The normalized spacial score (nSPS) is 38.3. The fraction of sp³-hybridized carbons (Fsp3) is 0.759. The molecule has 0 aromatic carbocycles. The van der Waals surface area contributed by atoms with Gasteiger partial charge in [0.1, 0.15) is 36.2 Å². The zero-order valence-electron chi connectivity index (χ0n) is 46.5. The smallest absolute Gasteiger partial charge is 0.329 e. The van der Waals surface area contributed by atoms with E-state index in [1.165, 1.54) is 12.0 Å². The molecular formula is C58H90N2O15. The molecule has 422 valence electrons. The summed E-state index contributed by atoms with van der Waals surface area (Å²) < 4.78 is 35.8. The van der Waals surface area contributed by atoms with Gasteiger partial charge in [0.15, 0.2) is 5.78 Å². The number of likely N-dealkylation sites (tertiary alicyclic amines) is 1. The van der Waals surface area contributed by atoms with Crippen molar-refractivity contribution in [3.8, 4) is 0 Å². The van der Waals surface area contributed by atoms with Crippen LogP contribution in [-0.2, 0) is 57.2 Å². The van der Waals surface area contributed by atoms with Crippen molar-refractivity contribution in [2.75, 3.05) is 47.5 Å². The number of hydrogen-bond acceptors (Lipinski definition) is 16. The number of hydrogen-bond donors (Lipinski definition) is 3. The second kappa shape index (κ2) is 29.2. The van der Waals surface area contributed by atoms with Crippen LogP contribution < -0.4 is 0 Å². The maximum atomic E-state index is 14.6. The van der Waals surface area contributed by atoms with Crippen LogP contribution in [0.2, 0.25) is 0 Å². The molecule has 0 spiro atoms. The zero-order valence-corrected chi connectivity index (χ0v) is 46.5. The average molecular weight is 1060 g/mol. The quantitative estimate of drug-likeness (QED) is 0.133. The molecule has 4 fully saturated rings. The van der Waals surface area contributed by atoms with E-state index in [9.17, 15) is 44.1 Å². The summed E-state index contributed by atoms with van der Waals surface area (Å²) in [6.07, 6.45) is 11.6. The molecule has 4 heterocycles. The summed E-state index contributed by atoms with van der Waals surface area (Å²) in [6, 6.07) is -1.18. The van der Waals surface area contributed by atoms with Crippen molar-refractivity contribution in [1.29, 1.82) is 0 Å². The van der Waals surface area contributed by atoms with E-state index in [0.29, 0.717) is 95.7 Å². The molecule has 0 unspecified atom stereocenters. The van der Waals surface area contributed by atoms with Gasteiger partial charge in [0.05, 0.1) is 31.0 Å². The number of aliphatic hydroxyl groups excluding tert-OH is 2. The Balaban J connectivity index is 1.42. The third-order valence-corrected chi connectivity index (χ3v) is 16.6. The SMILES string of the molecule is CO[C@H]1C[C@@H]2CC[C@@H](C)[C@@](O)(O2)C(=O)C(=O)N2CCCC[C@H]2C(=O)O[C@H]([C@H](C)C[C@@H]2CC[C@@H](OC(=O)CN3CCC(O)CC3)[C@H](OC)C2)CC(=O)[C@H](C)/C=C(\C)[C@@H](O)[C@@H](OC)C(=O)[C@H](C)C[C@H](C)/C=C/C=C/C=C/1C. The van der Waals surface area contributed by atoms with Crippen molar-refractivity contribution in [2.45, 2.75) is 199 Å². The molecule has 17 heteroatoms. The first-order valence-corrected chi connectivity index (χ1v) is 27.7. The number of fused-ring (bicyclic) bond motifs is 3. The number of Topliss-reactive ketones (excluding diaryl/α,β-unsaturated/α-hetero) is 3. The summed E-state index contributed by atoms with van der Waals surface area (Å²) in [5.41, 5.74) is 1.24. The molecule has 4 aliphatic heterocycles. The number of amides is 1. The zero-order chi connectivity index (χ0) is 55.1. The minimum atomic E-state index is -2.45. The standard InChI is InChI=1S/C58H90N2O15/c1-35-16-12-11-13-17-36(2)48(70-8)32-44-21-19-41(7)58(69,75-44)55(66)56(67)60-25-15-14-18-45(60)57(68)74-49(33-46(62)37(3)29-40(6)53(65)54(72-10)52(64)39(5)28-35)38(4)30-42-20-22-47(50(31-42)71-9)73-51(63)34-59-26-23-43(61)24-27-59/h11-13,16-17,29,35,37-39,41-45,47-50,53-54,61,65,69H,14-15,18-28,30-34H2,1-10H3/b13-11+,16-12+,36-17+,40-29+/t35-,37-,38-,39-,41-,42+,44+,45+,47-,48+,49+,50-,53-,54+,58-/m1/s1. The molecule has 5 rings (SSSR count). The molecule has 5 aliphatic rings. The fourth-order valence-electron chi connectivity index (χ4n) is 11.7. The Morgan fingerprint density at radius 3 is 2.21 bits per heavy atom. The van der Waals surface area contributed by atoms with Gasteiger partial charge in [-0.1, -0.05) is 71.1 Å². The summed E-state index contributed by atoms with van der Waals surface area (Å²) >= 11 is 0. The van der Waals surface area contributed by atoms with Crippen molar-refractivity contribution in [3.63, 3.8) is 0 Å². The molecule has 15 atom stereocenters. The van der Waals surface area contributed by atoms with E-state index in [1.807, 2.05) is 63.0 Å². The van der Waals surface area contributed by atoms with Crippen LogP contribution in [0.5, 0.6) is 0 Å². The van der Waals surface area contributed by atoms with Crippen LogP contribution in [0.3, 0.4) is 0 Å². The Labute approximate surface area is 445 Å². The number of piperidine rings is 2. The van der Waals surface area contributed by atoms with Crippen LogP contribution in [0, 0.1) is 35.5 Å².